The molecule has 2 rings (SSSR count). The van der Waals surface area contributed by atoms with Crippen LogP contribution in [0.5, 0.6) is 5.88 Å². The highest BCUT2D eigenvalue weighted by Gasteiger charge is 2.12. The highest BCUT2D eigenvalue weighted by atomic mass is 35.5. The van der Waals surface area contributed by atoms with E-state index in [1.165, 1.54) is 10.9 Å². The third-order valence-electron chi connectivity index (χ3n) is 2.14. The number of fused-ring (bicyclic) bond motifs is 1. The van der Waals surface area contributed by atoms with E-state index in [4.69, 9.17) is 21.4 Å². The van der Waals surface area contributed by atoms with E-state index in [-0.39, 0.29) is 11.7 Å². The van der Waals surface area contributed by atoms with Gasteiger partial charge in [0.2, 0.25) is 5.88 Å². The van der Waals surface area contributed by atoms with E-state index in [0.717, 1.165) is 0 Å². The van der Waals surface area contributed by atoms with E-state index in [9.17, 15) is 4.79 Å². The first-order valence-electron chi connectivity index (χ1n) is 4.98. The SMILES string of the molecule is CCOc1nc(Cl)cc2c1cnn2CC(=O)O. The molecule has 6 nitrogen and oxygen atoms in total. The van der Waals surface area contributed by atoms with Crippen LogP contribution in [0.15, 0.2) is 12.3 Å². The van der Waals surface area contributed by atoms with Gasteiger partial charge < -0.3 is 9.84 Å². The summed E-state index contributed by atoms with van der Waals surface area (Å²) in [6.07, 6.45) is 1.52. The molecule has 0 unspecified atom stereocenters. The third kappa shape index (κ3) is 2.31. The first kappa shape index (κ1) is 11.7. The quantitative estimate of drug-likeness (QED) is 0.839. The zero-order valence-corrected chi connectivity index (χ0v) is 9.81. The molecule has 0 aliphatic rings. The van der Waals surface area contributed by atoms with Gasteiger partial charge in [-0.3, -0.25) is 9.48 Å². The Morgan fingerprint density at radius 2 is 2.41 bits per heavy atom. The van der Waals surface area contributed by atoms with E-state index in [1.54, 1.807) is 6.07 Å². The first-order valence-corrected chi connectivity index (χ1v) is 5.36. The number of carbonyl (C=O) groups is 1. The van der Waals surface area contributed by atoms with Crippen molar-refractivity contribution < 1.29 is 14.6 Å². The standard InChI is InChI=1S/C10H10ClN3O3/c1-2-17-10-6-4-12-14(5-9(15)16)7(6)3-8(11)13-10/h3-4H,2,5H2,1H3,(H,15,16). The molecule has 2 aromatic heterocycles. The summed E-state index contributed by atoms with van der Waals surface area (Å²) in [7, 11) is 0. The predicted octanol–water partition coefficient (Wildman–Crippen LogP) is 1.57. The molecular weight excluding hydrogens is 246 g/mol. The summed E-state index contributed by atoms with van der Waals surface area (Å²) in [5.41, 5.74) is 0.593. The number of carboxylic acids is 1. The lowest BCUT2D eigenvalue weighted by atomic mass is 10.3. The number of hydrogen-bond donors (Lipinski definition) is 1. The number of rotatable bonds is 4. The molecule has 0 spiro atoms. The minimum absolute atomic E-state index is 0.227. The summed E-state index contributed by atoms with van der Waals surface area (Å²) in [6, 6.07) is 1.56. The molecule has 0 radical (unpaired) electrons. The molecule has 0 bridgehead atoms. The average molecular weight is 256 g/mol. The summed E-state index contributed by atoms with van der Waals surface area (Å²) in [5.74, 6) is -0.604. The van der Waals surface area contributed by atoms with Crippen LogP contribution in [0, 0.1) is 0 Å². The molecule has 1 N–H and O–H groups in total. The lowest BCUT2D eigenvalue weighted by Gasteiger charge is -2.04. The highest BCUT2D eigenvalue weighted by Crippen LogP contribution is 2.26. The zero-order chi connectivity index (χ0) is 12.4. The van der Waals surface area contributed by atoms with Gasteiger partial charge in [-0.25, -0.2) is 4.98 Å². The molecule has 90 valence electrons. The van der Waals surface area contributed by atoms with Crippen molar-refractivity contribution in [2.24, 2.45) is 0 Å². The minimum atomic E-state index is -0.971. The Morgan fingerprint density at radius 3 is 3.06 bits per heavy atom. The van der Waals surface area contributed by atoms with Gasteiger partial charge in [0.1, 0.15) is 11.7 Å². The van der Waals surface area contributed by atoms with E-state index < -0.39 is 5.97 Å². The molecule has 2 heterocycles. The van der Waals surface area contributed by atoms with Crippen molar-refractivity contribution >= 4 is 28.5 Å². The Balaban J connectivity index is 2.56. The molecule has 0 atom stereocenters. The molecule has 0 fully saturated rings. The lowest BCUT2D eigenvalue weighted by molar-refractivity contribution is -0.137. The van der Waals surface area contributed by atoms with Crippen LogP contribution in [-0.2, 0) is 11.3 Å². The summed E-state index contributed by atoms with van der Waals surface area (Å²) in [6.45, 7) is 2.05. The fraction of sp³-hybridized carbons (Fsp3) is 0.300. The van der Waals surface area contributed by atoms with Gasteiger partial charge >= 0.3 is 5.97 Å². The second kappa shape index (κ2) is 4.58. The Hall–Kier alpha value is -1.82. The van der Waals surface area contributed by atoms with Crippen molar-refractivity contribution in [3.8, 4) is 5.88 Å². The Labute approximate surface area is 102 Å². The second-order valence-electron chi connectivity index (χ2n) is 3.31. The number of pyridine rings is 1. The second-order valence-corrected chi connectivity index (χ2v) is 3.70. The summed E-state index contributed by atoms with van der Waals surface area (Å²) in [5, 5.41) is 13.6. The van der Waals surface area contributed by atoms with Gasteiger partial charge in [0.05, 0.1) is 23.7 Å². The van der Waals surface area contributed by atoms with E-state index in [0.29, 0.717) is 23.4 Å². The summed E-state index contributed by atoms with van der Waals surface area (Å²) in [4.78, 5) is 14.7. The normalized spacial score (nSPS) is 10.7. The highest BCUT2D eigenvalue weighted by molar-refractivity contribution is 6.30. The molecule has 0 saturated heterocycles. The number of nitrogens with zero attached hydrogens (tertiary/aromatic N) is 3. The van der Waals surface area contributed by atoms with Crippen molar-refractivity contribution in [1.82, 2.24) is 14.8 Å². The van der Waals surface area contributed by atoms with Crippen LogP contribution in [0.3, 0.4) is 0 Å². The van der Waals surface area contributed by atoms with Gasteiger partial charge in [-0.2, -0.15) is 5.10 Å². The zero-order valence-electron chi connectivity index (χ0n) is 9.05. The number of ether oxygens (including phenoxy) is 1. The molecule has 0 aliphatic carbocycles. The van der Waals surface area contributed by atoms with Crippen molar-refractivity contribution in [2.45, 2.75) is 13.5 Å². The monoisotopic (exact) mass is 255 g/mol. The van der Waals surface area contributed by atoms with Crippen molar-refractivity contribution in [3.05, 3.63) is 17.4 Å². The molecule has 17 heavy (non-hydrogen) atoms. The lowest BCUT2D eigenvalue weighted by Crippen LogP contribution is -2.09. The van der Waals surface area contributed by atoms with Crippen molar-refractivity contribution in [1.29, 1.82) is 0 Å². The number of aliphatic carboxylic acids is 1. The molecule has 2 aromatic rings. The van der Waals surface area contributed by atoms with Crippen LogP contribution in [0.25, 0.3) is 10.9 Å². The van der Waals surface area contributed by atoms with Crippen LogP contribution in [-0.4, -0.2) is 32.4 Å². The Bertz CT molecular complexity index is 567. The van der Waals surface area contributed by atoms with Gasteiger partial charge in [-0.05, 0) is 6.92 Å². The van der Waals surface area contributed by atoms with Crippen LogP contribution >= 0.6 is 11.6 Å². The topological polar surface area (TPSA) is 77.2 Å². The van der Waals surface area contributed by atoms with Crippen LogP contribution < -0.4 is 4.74 Å². The number of halogens is 1. The van der Waals surface area contributed by atoms with E-state index in [2.05, 4.69) is 10.1 Å². The Kier molecular flexibility index (Phi) is 3.14. The number of aromatic nitrogens is 3. The van der Waals surface area contributed by atoms with Gasteiger partial charge in [-0.1, -0.05) is 11.6 Å². The molecule has 7 heteroatoms. The van der Waals surface area contributed by atoms with Gasteiger partial charge in [0.15, 0.2) is 0 Å². The first-order chi connectivity index (χ1) is 8.11. The van der Waals surface area contributed by atoms with Crippen LogP contribution in [0.2, 0.25) is 5.15 Å². The molecule has 0 aromatic carbocycles. The Morgan fingerprint density at radius 1 is 1.65 bits per heavy atom. The number of carboxylic acid groups (broad SMARTS) is 1. The number of hydrogen-bond acceptors (Lipinski definition) is 4. The molecule has 0 amide bonds. The fourth-order valence-corrected chi connectivity index (χ4v) is 1.70. The molecule has 0 aliphatic heterocycles. The molecule has 0 saturated carbocycles. The van der Waals surface area contributed by atoms with Gasteiger partial charge in [0.25, 0.3) is 0 Å². The maximum atomic E-state index is 10.7. The van der Waals surface area contributed by atoms with Crippen molar-refractivity contribution in [2.75, 3.05) is 6.61 Å². The summed E-state index contributed by atoms with van der Waals surface area (Å²) < 4.78 is 6.66. The smallest absolute Gasteiger partial charge is 0.325 e. The van der Waals surface area contributed by atoms with Crippen LogP contribution in [0.4, 0.5) is 0 Å². The summed E-state index contributed by atoms with van der Waals surface area (Å²) >= 11 is 5.85. The third-order valence-corrected chi connectivity index (χ3v) is 2.33. The van der Waals surface area contributed by atoms with E-state index in [1.807, 2.05) is 6.92 Å². The predicted molar refractivity (Wildman–Crippen MR) is 61.3 cm³/mol. The minimum Gasteiger partial charge on any atom is -0.480 e. The maximum Gasteiger partial charge on any atom is 0.325 e. The average Bonchev–Trinajstić information content (AvgIpc) is 2.61. The van der Waals surface area contributed by atoms with Crippen LogP contribution in [0.1, 0.15) is 6.92 Å². The maximum absolute atomic E-state index is 10.7. The largest absolute Gasteiger partial charge is 0.480 e. The van der Waals surface area contributed by atoms with Gasteiger partial charge in [-0.15, -0.1) is 0 Å². The van der Waals surface area contributed by atoms with Crippen molar-refractivity contribution in [3.63, 3.8) is 0 Å². The van der Waals surface area contributed by atoms with E-state index >= 15 is 0 Å². The fourth-order valence-electron chi connectivity index (χ4n) is 1.52. The van der Waals surface area contributed by atoms with Gasteiger partial charge in [0, 0.05) is 6.07 Å². The molecular formula is C10H10ClN3O3.